The number of hydrogen-bond donors (Lipinski definition) is 2. The average Bonchev–Trinajstić information content (AvgIpc) is 2.43. The summed E-state index contributed by atoms with van der Waals surface area (Å²) in [7, 11) is 0. The molecule has 2 aromatic carbocycles. The Morgan fingerprint density at radius 3 is 2.55 bits per heavy atom. The van der Waals surface area contributed by atoms with Gasteiger partial charge in [0.25, 0.3) is 0 Å². The van der Waals surface area contributed by atoms with Crippen molar-refractivity contribution >= 4 is 33.3 Å². The highest BCUT2D eigenvalue weighted by atomic mass is 79.9. The van der Waals surface area contributed by atoms with Gasteiger partial charge in [0, 0.05) is 4.47 Å². The van der Waals surface area contributed by atoms with Crippen molar-refractivity contribution in [1.82, 2.24) is 0 Å². The Morgan fingerprint density at radius 1 is 1.25 bits per heavy atom. The number of nitrogens with two attached hydrogens (primary N) is 1. The molecule has 0 aliphatic carbocycles. The number of amides is 2. The highest BCUT2D eigenvalue weighted by Gasteiger charge is 2.20. The van der Waals surface area contributed by atoms with Crippen LogP contribution in [0.1, 0.15) is 5.56 Å². The normalized spacial score (nSPS) is 9.80. The monoisotopic (exact) mass is 331 g/mol. The SMILES string of the molecule is N#Cc1ccc(O)c(N(C(N)=O)c2ccccc2Br)c1. The molecule has 0 bridgehead atoms. The van der Waals surface area contributed by atoms with Gasteiger partial charge in [-0.1, -0.05) is 12.1 Å². The quantitative estimate of drug-likeness (QED) is 0.884. The molecular formula is C14H10BrN3O2. The van der Waals surface area contributed by atoms with E-state index in [4.69, 9.17) is 11.0 Å². The predicted octanol–water partition coefficient (Wildman–Crippen LogP) is 3.24. The van der Waals surface area contributed by atoms with E-state index in [1.807, 2.05) is 6.07 Å². The maximum absolute atomic E-state index is 11.7. The molecule has 0 spiro atoms. The van der Waals surface area contributed by atoms with Gasteiger partial charge in [-0.05, 0) is 46.3 Å². The van der Waals surface area contributed by atoms with Gasteiger partial charge in [0.2, 0.25) is 0 Å². The summed E-state index contributed by atoms with van der Waals surface area (Å²) in [6.07, 6.45) is 0. The van der Waals surface area contributed by atoms with Crippen LogP contribution in [-0.2, 0) is 0 Å². The summed E-state index contributed by atoms with van der Waals surface area (Å²) >= 11 is 3.33. The van der Waals surface area contributed by atoms with E-state index in [9.17, 15) is 9.90 Å². The molecular weight excluding hydrogens is 322 g/mol. The van der Waals surface area contributed by atoms with Crippen LogP contribution >= 0.6 is 15.9 Å². The zero-order valence-electron chi connectivity index (χ0n) is 10.2. The number of aromatic hydroxyl groups is 1. The van der Waals surface area contributed by atoms with Gasteiger partial charge in [-0.2, -0.15) is 5.26 Å². The van der Waals surface area contributed by atoms with Crippen LogP contribution in [0.15, 0.2) is 46.9 Å². The first-order valence-electron chi connectivity index (χ1n) is 5.62. The number of hydrogen-bond acceptors (Lipinski definition) is 3. The number of anilines is 2. The number of nitriles is 1. The lowest BCUT2D eigenvalue weighted by Gasteiger charge is -2.22. The molecule has 2 amide bonds. The van der Waals surface area contributed by atoms with Crippen LogP contribution in [0, 0.1) is 11.3 Å². The first-order chi connectivity index (χ1) is 9.54. The molecule has 0 heterocycles. The number of carbonyl (C=O) groups is 1. The van der Waals surface area contributed by atoms with Crippen molar-refractivity contribution in [3.8, 4) is 11.8 Å². The van der Waals surface area contributed by atoms with Crippen molar-refractivity contribution in [2.75, 3.05) is 4.90 Å². The Hall–Kier alpha value is -2.52. The van der Waals surface area contributed by atoms with Gasteiger partial charge in [0.15, 0.2) is 0 Å². The fourth-order valence-electron chi connectivity index (χ4n) is 1.77. The zero-order chi connectivity index (χ0) is 14.7. The van der Waals surface area contributed by atoms with Crippen LogP contribution in [0.5, 0.6) is 5.75 Å². The van der Waals surface area contributed by atoms with Crippen LogP contribution < -0.4 is 10.6 Å². The molecule has 6 heteroatoms. The third kappa shape index (κ3) is 2.58. The molecule has 0 radical (unpaired) electrons. The first-order valence-corrected chi connectivity index (χ1v) is 6.41. The molecule has 2 aromatic rings. The summed E-state index contributed by atoms with van der Waals surface area (Å²) in [5, 5.41) is 18.9. The van der Waals surface area contributed by atoms with Crippen molar-refractivity contribution in [2.45, 2.75) is 0 Å². The van der Waals surface area contributed by atoms with Crippen LogP contribution in [0.4, 0.5) is 16.2 Å². The Bertz CT molecular complexity index is 710. The number of urea groups is 1. The van der Waals surface area contributed by atoms with Crippen LogP contribution in [0.3, 0.4) is 0 Å². The number of primary amides is 1. The summed E-state index contributed by atoms with van der Waals surface area (Å²) < 4.78 is 0.639. The number of nitrogens with zero attached hydrogens (tertiary/aromatic N) is 2. The molecule has 0 unspecified atom stereocenters. The molecule has 2 rings (SSSR count). The van der Waals surface area contributed by atoms with Crippen molar-refractivity contribution in [2.24, 2.45) is 5.73 Å². The molecule has 0 aliphatic rings. The fraction of sp³-hybridized carbons (Fsp3) is 0. The predicted molar refractivity (Wildman–Crippen MR) is 78.7 cm³/mol. The van der Waals surface area contributed by atoms with Crippen molar-refractivity contribution in [1.29, 1.82) is 5.26 Å². The van der Waals surface area contributed by atoms with Gasteiger partial charge < -0.3 is 10.8 Å². The van der Waals surface area contributed by atoms with E-state index in [-0.39, 0.29) is 11.4 Å². The van der Waals surface area contributed by atoms with Gasteiger partial charge in [-0.25, -0.2) is 4.79 Å². The summed E-state index contributed by atoms with van der Waals surface area (Å²) in [5.41, 5.74) is 6.35. The van der Waals surface area contributed by atoms with Gasteiger partial charge >= 0.3 is 6.03 Å². The second-order valence-corrected chi connectivity index (χ2v) is 4.79. The Balaban J connectivity index is 2.64. The maximum Gasteiger partial charge on any atom is 0.324 e. The number of rotatable bonds is 2. The lowest BCUT2D eigenvalue weighted by atomic mass is 10.1. The molecule has 3 N–H and O–H groups in total. The molecule has 0 atom stereocenters. The summed E-state index contributed by atoms with van der Waals surface area (Å²) in [6, 6.07) is 12.3. The van der Waals surface area contributed by atoms with E-state index in [1.54, 1.807) is 24.3 Å². The van der Waals surface area contributed by atoms with Gasteiger partial charge in [0.05, 0.1) is 23.0 Å². The molecule has 0 saturated carbocycles. The molecule has 0 aromatic heterocycles. The number of phenolic OH excluding ortho intramolecular Hbond substituents is 1. The minimum Gasteiger partial charge on any atom is -0.506 e. The zero-order valence-corrected chi connectivity index (χ0v) is 11.8. The van der Waals surface area contributed by atoms with Crippen LogP contribution in [-0.4, -0.2) is 11.1 Å². The second kappa shape index (κ2) is 5.63. The number of carbonyl (C=O) groups excluding carboxylic acids is 1. The standard InChI is InChI=1S/C14H10BrN3O2/c15-10-3-1-2-4-11(10)18(14(17)20)12-7-9(8-16)5-6-13(12)19/h1-7,19H,(H2,17,20). The van der Waals surface area contributed by atoms with E-state index >= 15 is 0 Å². The molecule has 0 saturated heterocycles. The van der Waals surface area contributed by atoms with E-state index < -0.39 is 6.03 Å². The van der Waals surface area contributed by atoms with Crippen LogP contribution in [0.25, 0.3) is 0 Å². The molecule has 5 nitrogen and oxygen atoms in total. The highest BCUT2D eigenvalue weighted by Crippen LogP contribution is 2.37. The van der Waals surface area contributed by atoms with E-state index in [0.29, 0.717) is 15.7 Å². The molecule has 100 valence electrons. The maximum atomic E-state index is 11.7. The van der Waals surface area contributed by atoms with Crippen molar-refractivity contribution in [3.63, 3.8) is 0 Å². The third-order valence-electron chi connectivity index (χ3n) is 2.66. The first kappa shape index (κ1) is 13.9. The third-order valence-corrected chi connectivity index (χ3v) is 3.33. The molecule has 0 aliphatic heterocycles. The smallest absolute Gasteiger partial charge is 0.324 e. The number of phenols is 1. The lowest BCUT2D eigenvalue weighted by molar-refractivity contribution is 0.256. The Morgan fingerprint density at radius 2 is 1.95 bits per heavy atom. The second-order valence-electron chi connectivity index (χ2n) is 3.94. The summed E-state index contributed by atoms with van der Waals surface area (Å²) in [4.78, 5) is 12.9. The van der Waals surface area contributed by atoms with Crippen LogP contribution in [0.2, 0.25) is 0 Å². The van der Waals surface area contributed by atoms with Gasteiger partial charge in [0.1, 0.15) is 5.75 Å². The van der Waals surface area contributed by atoms with Gasteiger partial charge in [-0.3, -0.25) is 4.90 Å². The van der Waals surface area contributed by atoms with Gasteiger partial charge in [-0.15, -0.1) is 0 Å². The summed E-state index contributed by atoms with van der Waals surface area (Å²) in [6.45, 7) is 0. The number of benzene rings is 2. The Kier molecular flexibility index (Phi) is 3.91. The van der Waals surface area contributed by atoms with Crippen molar-refractivity contribution < 1.29 is 9.90 Å². The highest BCUT2D eigenvalue weighted by molar-refractivity contribution is 9.10. The van der Waals surface area contributed by atoms with E-state index in [0.717, 1.165) is 4.90 Å². The summed E-state index contributed by atoms with van der Waals surface area (Å²) in [5.74, 6) is -0.140. The minimum absolute atomic E-state index is 0.140. The molecule has 20 heavy (non-hydrogen) atoms. The fourth-order valence-corrected chi connectivity index (χ4v) is 2.23. The number of halogens is 1. The minimum atomic E-state index is -0.762. The topological polar surface area (TPSA) is 90.3 Å². The Labute approximate surface area is 124 Å². The molecule has 0 fully saturated rings. The van der Waals surface area contributed by atoms with Crippen molar-refractivity contribution in [3.05, 3.63) is 52.5 Å². The average molecular weight is 332 g/mol. The van der Waals surface area contributed by atoms with E-state index in [1.165, 1.54) is 18.2 Å². The lowest BCUT2D eigenvalue weighted by Crippen LogP contribution is -2.31. The number of para-hydroxylation sites is 1. The largest absolute Gasteiger partial charge is 0.506 e. The van der Waals surface area contributed by atoms with E-state index in [2.05, 4.69) is 15.9 Å².